The van der Waals surface area contributed by atoms with Crippen LogP contribution in [0.4, 0.5) is 10.9 Å². The van der Waals surface area contributed by atoms with Crippen molar-refractivity contribution in [3.63, 3.8) is 0 Å². The maximum Gasteiger partial charge on any atom is 0.183 e. The van der Waals surface area contributed by atoms with Gasteiger partial charge in [0.25, 0.3) is 0 Å². The third-order valence-corrected chi connectivity index (χ3v) is 7.48. The Morgan fingerprint density at radius 1 is 1.24 bits per heavy atom. The van der Waals surface area contributed by atoms with E-state index in [0.29, 0.717) is 29.5 Å². The van der Waals surface area contributed by atoms with Gasteiger partial charge in [-0.15, -0.1) is 11.3 Å². The van der Waals surface area contributed by atoms with Crippen LogP contribution in [0.5, 0.6) is 0 Å². The number of pyridine rings is 1. The van der Waals surface area contributed by atoms with Crippen LogP contribution in [-0.2, 0) is 9.47 Å². The lowest BCUT2D eigenvalue weighted by molar-refractivity contribution is 0.0699. The van der Waals surface area contributed by atoms with Crippen LogP contribution in [0, 0.1) is 11.8 Å². The lowest BCUT2D eigenvalue weighted by Crippen LogP contribution is -2.27. The summed E-state index contributed by atoms with van der Waals surface area (Å²) in [5.74, 6) is 2.07. The Bertz CT molecular complexity index is 895. The maximum atomic E-state index is 6.49. The van der Waals surface area contributed by atoms with E-state index < -0.39 is 0 Å². The summed E-state index contributed by atoms with van der Waals surface area (Å²) in [6, 6.07) is 2.44. The van der Waals surface area contributed by atoms with Crippen LogP contribution in [0.2, 0.25) is 5.02 Å². The highest BCUT2D eigenvalue weighted by atomic mass is 35.5. The Hall–Kier alpha value is -1.74. The second kappa shape index (κ2) is 12.6. The van der Waals surface area contributed by atoms with Crippen LogP contribution < -0.4 is 10.6 Å². The Balaban J connectivity index is 1.30. The Morgan fingerprint density at radius 2 is 2.06 bits per heavy atom. The first-order valence-corrected chi connectivity index (χ1v) is 13.2. The topological polar surface area (TPSA) is 80.7 Å². The molecule has 2 aromatic rings. The van der Waals surface area contributed by atoms with Crippen molar-refractivity contribution >= 4 is 40.1 Å². The van der Waals surface area contributed by atoms with E-state index in [1.165, 1.54) is 0 Å². The number of aromatic nitrogens is 2. The molecule has 0 unspecified atom stereocenters. The van der Waals surface area contributed by atoms with Gasteiger partial charge in [0.1, 0.15) is 5.82 Å². The molecule has 2 fully saturated rings. The van der Waals surface area contributed by atoms with Crippen LogP contribution in [0.1, 0.15) is 38.5 Å². The number of rotatable bonds is 10. The molecule has 1 saturated heterocycles. The Morgan fingerprint density at radius 3 is 2.85 bits per heavy atom. The molecule has 1 aliphatic carbocycles. The van der Waals surface area contributed by atoms with Crippen LogP contribution in [0.3, 0.4) is 0 Å². The van der Waals surface area contributed by atoms with Gasteiger partial charge in [0.05, 0.1) is 23.9 Å². The van der Waals surface area contributed by atoms with E-state index in [2.05, 4.69) is 32.2 Å². The molecule has 0 atom stereocenters. The summed E-state index contributed by atoms with van der Waals surface area (Å²) in [5, 5.41) is 10.7. The highest BCUT2D eigenvalue weighted by molar-refractivity contribution is 7.14. The Kier molecular flexibility index (Phi) is 9.35. The number of nitrogens with one attached hydrogen (secondary N) is 2. The number of nitrogens with zero attached hydrogens (tertiary/aromatic N) is 3. The van der Waals surface area contributed by atoms with Gasteiger partial charge in [-0.25, -0.2) is 9.97 Å². The van der Waals surface area contributed by atoms with Crippen molar-refractivity contribution in [3.8, 4) is 11.3 Å². The van der Waals surface area contributed by atoms with Crippen molar-refractivity contribution < 1.29 is 9.47 Å². The first-order valence-electron chi connectivity index (χ1n) is 11.9. The minimum absolute atomic E-state index is 0.419. The largest absolute Gasteiger partial charge is 0.383 e. The molecule has 7 nitrogen and oxygen atoms in total. The molecule has 2 aliphatic rings. The Labute approximate surface area is 205 Å². The molecule has 2 N–H and O–H groups in total. The summed E-state index contributed by atoms with van der Waals surface area (Å²) in [6.45, 7) is 4.09. The fraction of sp³-hybridized carbons (Fsp3) is 0.625. The lowest BCUT2D eigenvalue weighted by Gasteiger charge is -2.27. The highest BCUT2D eigenvalue weighted by Gasteiger charge is 2.21. The molecule has 3 heterocycles. The standard InChI is InChI=1S/C24H34ClN5O2S/c1-31-11-8-26-13-17-2-4-19(5-3-17)29-23-12-20(21(25)15-27-23)22-16-33-24(30-22)28-14-18-6-9-32-10-7-18/h12-13,15-19H,2-11,14H2,1H3,(H,27,29)(H,28,30)/b26-13+. The summed E-state index contributed by atoms with van der Waals surface area (Å²) < 4.78 is 10.5. The SMILES string of the molecule is COCC/N=C/C1CCC(Nc2cc(-c3csc(NCC4CCOCC4)n3)c(Cl)cn2)CC1. The van der Waals surface area contributed by atoms with E-state index in [9.17, 15) is 0 Å². The van der Waals surface area contributed by atoms with Crippen LogP contribution in [-0.4, -0.2) is 62.2 Å². The molecule has 0 spiro atoms. The summed E-state index contributed by atoms with van der Waals surface area (Å²) >= 11 is 8.11. The first-order chi connectivity index (χ1) is 16.2. The second-order valence-corrected chi connectivity index (χ2v) is 10.1. The van der Waals surface area contributed by atoms with Crippen molar-refractivity contribution in [3.05, 3.63) is 22.7 Å². The molecule has 4 rings (SSSR count). The summed E-state index contributed by atoms with van der Waals surface area (Å²) in [6.07, 6.45) is 10.6. The van der Waals surface area contributed by atoms with Crippen molar-refractivity contribution in [1.29, 1.82) is 0 Å². The van der Waals surface area contributed by atoms with Gasteiger partial charge >= 0.3 is 0 Å². The minimum atomic E-state index is 0.419. The lowest BCUT2D eigenvalue weighted by atomic mass is 9.87. The van der Waals surface area contributed by atoms with E-state index in [0.717, 1.165) is 87.0 Å². The zero-order valence-electron chi connectivity index (χ0n) is 19.3. The molecule has 1 saturated carbocycles. The maximum absolute atomic E-state index is 6.49. The number of thiazole rings is 1. The van der Waals surface area contributed by atoms with Crippen molar-refractivity contribution in [2.45, 2.75) is 44.6 Å². The molecule has 33 heavy (non-hydrogen) atoms. The quantitative estimate of drug-likeness (QED) is 0.343. The first kappa shape index (κ1) is 24.4. The van der Waals surface area contributed by atoms with Crippen LogP contribution in [0.15, 0.2) is 22.6 Å². The number of methoxy groups -OCH3 is 1. The molecular formula is C24H34ClN5O2S. The zero-order chi connectivity index (χ0) is 22.9. The van der Waals surface area contributed by atoms with Gasteiger partial charge in [-0.05, 0) is 56.4 Å². The molecule has 2 aromatic heterocycles. The third kappa shape index (κ3) is 7.37. The van der Waals surface area contributed by atoms with Crippen molar-refractivity contribution in [1.82, 2.24) is 9.97 Å². The third-order valence-electron chi connectivity index (χ3n) is 6.38. The van der Waals surface area contributed by atoms with Crippen molar-refractivity contribution in [2.75, 3.05) is 50.7 Å². The molecular weight excluding hydrogens is 458 g/mol. The molecule has 0 radical (unpaired) electrons. The van der Waals surface area contributed by atoms with Gasteiger partial charge in [-0.1, -0.05) is 11.6 Å². The number of halogens is 1. The minimum Gasteiger partial charge on any atom is -0.383 e. The molecule has 9 heteroatoms. The summed E-state index contributed by atoms with van der Waals surface area (Å²) in [7, 11) is 1.71. The van der Waals surface area contributed by atoms with Crippen molar-refractivity contribution in [2.24, 2.45) is 16.8 Å². The van der Waals surface area contributed by atoms with Gasteiger partial charge in [0.2, 0.25) is 0 Å². The molecule has 1 aliphatic heterocycles. The van der Waals surface area contributed by atoms with E-state index in [-0.39, 0.29) is 0 Å². The number of aliphatic imine (C=N–C) groups is 1. The van der Waals surface area contributed by atoms with Gasteiger partial charge in [0.15, 0.2) is 5.13 Å². The van der Waals surface area contributed by atoms with Gasteiger partial charge in [-0.3, -0.25) is 4.99 Å². The van der Waals surface area contributed by atoms with Gasteiger partial charge < -0.3 is 20.1 Å². The monoisotopic (exact) mass is 491 g/mol. The molecule has 0 bridgehead atoms. The summed E-state index contributed by atoms with van der Waals surface area (Å²) in [5.41, 5.74) is 1.81. The fourth-order valence-electron chi connectivity index (χ4n) is 4.36. The number of hydrogen-bond donors (Lipinski definition) is 2. The number of anilines is 2. The average molecular weight is 492 g/mol. The normalized spacial score (nSPS) is 22.0. The molecule has 0 amide bonds. The van der Waals surface area contributed by atoms with E-state index in [1.807, 2.05) is 6.07 Å². The molecule has 0 aromatic carbocycles. The van der Waals surface area contributed by atoms with Gasteiger partial charge in [0, 0.05) is 56.3 Å². The van der Waals surface area contributed by atoms with Crippen LogP contribution >= 0.6 is 22.9 Å². The smallest absolute Gasteiger partial charge is 0.183 e. The molecule has 180 valence electrons. The average Bonchev–Trinajstić information content (AvgIpc) is 3.32. The fourth-order valence-corrected chi connectivity index (χ4v) is 5.28. The second-order valence-electron chi connectivity index (χ2n) is 8.83. The number of hydrogen-bond acceptors (Lipinski definition) is 8. The predicted molar refractivity (Wildman–Crippen MR) is 137 cm³/mol. The zero-order valence-corrected chi connectivity index (χ0v) is 20.8. The van der Waals surface area contributed by atoms with E-state index in [1.54, 1.807) is 24.6 Å². The van der Waals surface area contributed by atoms with Crippen LogP contribution in [0.25, 0.3) is 11.3 Å². The highest BCUT2D eigenvalue weighted by Crippen LogP contribution is 2.33. The number of ether oxygens (including phenoxy) is 2. The van der Waals surface area contributed by atoms with Gasteiger partial charge in [-0.2, -0.15) is 0 Å². The predicted octanol–water partition coefficient (Wildman–Crippen LogP) is 5.38. The van der Waals surface area contributed by atoms with E-state index in [4.69, 9.17) is 26.1 Å². The summed E-state index contributed by atoms with van der Waals surface area (Å²) in [4.78, 5) is 13.8. The van der Waals surface area contributed by atoms with E-state index >= 15 is 0 Å².